The summed E-state index contributed by atoms with van der Waals surface area (Å²) in [5.74, 6) is 0.800. The van der Waals surface area contributed by atoms with Crippen LogP contribution in [0, 0.1) is 5.41 Å². The minimum Gasteiger partial charge on any atom is -0.495 e. The summed E-state index contributed by atoms with van der Waals surface area (Å²) in [6.07, 6.45) is 0. The number of carbonyl (C=O) groups is 1. The van der Waals surface area contributed by atoms with E-state index in [0.717, 1.165) is 5.56 Å². The van der Waals surface area contributed by atoms with E-state index in [9.17, 15) is 4.79 Å². The van der Waals surface area contributed by atoms with E-state index in [-0.39, 0.29) is 17.2 Å². The molecule has 0 saturated heterocycles. The van der Waals surface area contributed by atoms with Crippen LogP contribution in [0.5, 0.6) is 5.75 Å². The molecule has 0 aromatic heterocycles. The first-order chi connectivity index (χ1) is 9.11. The van der Waals surface area contributed by atoms with Gasteiger partial charge >= 0.3 is 0 Å². The molecule has 0 atom stereocenters. The maximum absolute atomic E-state index is 12.2. The Bertz CT molecular complexity index is 490. The normalized spacial score (nSPS) is 12.2. The molecule has 3 nitrogen and oxygen atoms in total. The molecule has 1 aromatic carbocycles. The van der Waals surface area contributed by atoms with Gasteiger partial charge in [0.15, 0.2) is 0 Å². The van der Waals surface area contributed by atoms with Crippen LogP contribution in [0.2, 0.25) is 0 Å². The number of benzene rings is 1. The van der Waals surface area contributed by atoms with Gasteiger partial charge in [-0.25, -0.2) is 0 Å². The molecule has 0 radical (unpaired) electrons. The molecular weight excluding hydrogens is 274 g/mol. The summed E-state index contributed by atoms with van der Waals surface area (Å²) in [7, 11) is 1.59. The van der Waals surface area contributed by atoms with Crippen molar-refractivity contribution in [2.45, 2.75) is 40.0 Å². The molecule has 20 heavy (non-hydrogen) atoms. The average molecular weight is 298 g/mol. The number of amides is 1. The fourth-order valence-electron chi connectivity index (χ4n) is 1.62. The highest BCUT2D eigenvalue weighted by Gasteiger charge is 2.27. The molecule has 0 spiro atoms. The molecule has 0 fully saturated rings. The second-order valence-electron chi connectivity index (χ2n) is 6.64. The lowest BCUT2D eigenvalue weighted by Crippen LogP contribution is -2.32. The Morgan fingerprint density at radius 3 is 2.30 bits per heavy atom. The molecule has 0 aliphatic heterocycles. The summed E-state index contributed by atoms with van der Waals surface area (Å²) in [4.78, 5) is 12.2. The van der Waals surface area contributed by atoms with Gasteiger partial charge in [0.25, 0.3) is 0 Å². The molecule has 4 heteroatoms. The highest BCUT2D eigenvalue weighted by atomic mass is 35.5. The van der Waals surface area contributed by atoms with Crippen molar-refractivity contribution in [2.24, 2.45) is 5.41 Å². The molecule has 0 bridgehead atoms. The van der Waals surface area contributed by atoms with Gasteiger partial charge in [-0.3, -0.25) is 4.79 Å². The van der Waals surface area contributed by atoms with Crippen LogP contribution < -0.4 is 10.1 Å². The van der Waals surface area contributed by atoms with Gasteiger partial charge in [0, 0.05) is 5.88 Å². The van der Waals surface area contributed by atoms with Crippen molar-refractivity contribution < 1.29 is 9.53 Å². The first-order valence-corrected chi connectivity index (χ1v) is 7.21. The van der Waals surface area contributed by atoms with Crippen LogP contribution in [-0.4, -0.2) is 18.9 Å². The predicted molar refractivity (Wildman–Crippen MR) is 84.8 cm³/mol. The highest BCUT2D eigenvalue weighted by Crippen LogP contribution is 2.32. The van der Waals surface area contributed by atoms with Crippen LogP contribution in [0.4, 0.5) is 5.69 Å². The van der Waals surface area contributed by atoms with Crippen molar-refractivity contribution in [3.63, 3.8) is 0 Å². The lowest BCUT2D eigenvalue weighted by Gasteiger charge is -2.24. The van der Waals surface area contributed by atoms with Crippen LogP contribution in [0.25, 0.3) is 0 Å². The molecule has 1 rings (SSSR count). The molecular formula is C16H24ClNO2. The fraction of sp³-hybridized carbons (Fsp3) is 0.562. The van der Waals surface area contributed by atoms with Crippen molar-refractivity contribution in [2.75, 3.05) is 18.3 Å². The number of anilines is 1. The molecule has 0 unspecified atom stereocenters. The Hall–Kier alpha value is -1.22. The molecule has 112 valence electrons. The third kappa shape index (κ3) is 3.89. The third-order valence-corrected chi connectivity index (χ3v) is 3.93. The number of methoxy groups -OCH3 is 1. The molecule has 1 N–H and O–H groups in total. The number of carbonyl (C=O) groups excluding carboxylic acids is 1. The summed E-state index contributed by atoms with van der Waals surface area (Å²) in [6, 6.07) is 5.85. The van der Waals surface area contributed by atoms with Gasteiger partial charge in [0.1, 0.15) is 5.75 Å². The zero-order valence-corrected chi connectivity index (χ0v) is 13.9. The number of hydrogen-bond acceptors (Lipinski definition) is 2. The number of nitrogens with one attached hydrogen (secondary N) is 1. The third-order valence-electron chi connectivity index (χ3n) is 3.26. The Labute approximate surface area is 126 Å². The lowest BCUT2D eigenvalue weighted by atomic mass is 9.86. The van der Waals surface area contributed by atoms with Gasteiger partial charge in [-0.15, -0.1) is 11.6 Å². The minimum absolute atomic E-state index is 0.00769. The maximum atomic E-state index is 12.2. The summed E-state index contributed by atoms with van der Waals surface area (Å²) >= 11 is 5.84. The number of rotatable bonds is 4. The van der Waals surface area contributed by atoms with Crippen LogP contribution in [0.1, 0.15) is 40.2 Å². The maximum Gasteiger partial charge on any atom is 0.231 e. The minimum atomic E-state index is -0.621. The molecule has 0 saturated carbocycles. The van der Waals surface area contributed by atoms with Gasteiger partial charge < -0.3 is 10.1 Å². The van der Waals surface area contributed by atoms with Crippen molar-refractivity contribution in [1.82, 2.24) is 0 Å². The van der Waals surface area contributed by atoms with E-state index < -0.39 is 5.41 Å². The van der Waals surface area contributed by atoms with Crippen LogP contribution in [-0.2, 0) is 10.2 Å². The smallest absolute Gasteiger partial charge is 0.231 e. The lowest BCUT2D eigenvalue weighted by molar-refractivity contribution is -0.122. The first kappa shape index (κ1) is 16.8. The van der Waals surface area contributed by atoms with Crippen molar-refractivity contribution in [3.05, 3.63) is 23.8 Å². The van der Waals surface area contributed by atoms with E-state index in [1.54, 1.807) is 7.11 Å². The summed E-state index contributed by atoms with van der Waals surface area (Å²) in [6.45, 7) is 10.0. The van der Waals surface area contributed by atoms with Crippen molar-refractivity contribution in [3.8, 4) is 5.75 Å². The van der Waals surface area contributed by atoms with Gasteiger partial charge in [-0.2, -0.15) is 0 Å². The molecule has 1 aromatic rings. The Morgan fingerprint density at radius 2 is 1.85 bits per heavy atom. The van der Waals surface area contributed by atoms with Crippen molar-refractivity contribution >= 4 is 23.2 Å². The largest absolute Gasteiger partial charge is 0.495 e. The van der Waals surface area contributed by atoms with Gasteiger partial charge in [0.2, 0.25) is 5.91 Å². The predicted octanol–water partition coefficient (Wildman–Crippen LogP) is 4.20. The van der Waals surface area contributed by atoms with Gasteiger partial charge in [-0.1, -0.05) is 26.8 Å². The molecule has 0 aliphatic carbocycles. The summed E-state index contributed by atoms with van der Waals surface area (Å²) < 4.78 is 5.31. The number of alkyl halides is 1. The summed E-state index contributed by atoms with van der Waals surface area (Å²) in [5, 5.41) is 2.92. The quantitative estimate of drug-likeness (QED) is 0.846. The monoisotopic (exact) mass is 297 g/mol. The van der Waals surface area contributed by atoms with E-state index in [1.165, 1.54) is 0 Å². The zero-order valence-electron chi connectivity index (χ0n) is 13.1. The Morgan fingerprint density at radius 1 is 1.25 bits per heavy atom. The number of hydrogen-bond donors (Lipinski definition) is 1. The number of ether oxygens (including phenoxy) is 1. The Kier molecular flexibility index (Phi) is 5.09. The van der Waals surface area contributed by atoms with Crippen LogP contribution >= 0.6 is 11.6 Å². The van der Waals surface area contributed by atoms with Gasteiger partial charge in [0.05, 0.1) is 18.2 Å². The van der Waals surface area contributed by atoms with Crippen LogP contribution in [0.3, 0.4) is 0 Å². The zero-order chi connectivity index (χ0) is 15.6. The summed E-state index contributed by atoms with van der Waals surface area (Å²) in [5.41, 5.74) is 1.21. The standard InChI is InChI=1S/C16H24ClNO2/c1-15(2,3)11-7-8-13(20-6)12(9-11)18-14(19)16(4,5)10-17/h7-9H,10H2,1-6H3,(H,18,19). The van der Waals surface area contributed by atoms with Crippen LogP contribution in [0.15, 0.2) is 18.2 Å². The average Bonchev–Trinajstić information content (AvgIpc) is 2.37. The molecule has 1 amide bonds. The van der Waals surface area contributed by atoms with E-state index in [4.69, 9.17) is 16.3 Å². The van der Waals surface area contributed by atoms with E-state index in [1.807, 2.05) is 32.0 Å². The second-order valence-corrected chi connectivity index (χ2v) is 6.90. The van der Waals surface area contributed by atoms with E-state index in [0.29, 0.717) is 11.4 Å². The second kappa shape index (κ2) is 6.04. The van der Waals surface area contributed by atoms with E-state index in [2.05, 4.69) is 26.1 Å². The molecule has 0 heterocycles. The fourth-order valence-corrected chi connectivity index (χ4v) is 1.75. The van der Waals surface area contributed by atoms with Crippen molar-refractivity contribution in [1.29, 1.82) is 0 Å². The first-order valence-electron chi connectivity index (χ1n) is 6.68. The number of halogens is 1. The topological polar surface area (TPSA) is 38.3 Å². The highest BCUT2D eigenvalue weighted by molar-refractivity contribution is 6.20. The Balaban J connectivity index is 3.13. The van der Waals surface area contributed by atoms with Gasteiger partial charge in [-0.05, 0) is 37.0 Å². The molecule has 0 aliphatic rings. The van der Waals surface area contributed by atoms with E-state index >= 15 is 0 Å². The SMILES string of the molecule is COc1ccc(C(C)(C)C)cc1NC(=O)C(C)(C)CCl.